The molecule has 3 heterocycles. The Kier molecular flexibility index (Phi) is 6.49. The highest BCUT2D eigenvalue weighted by Crippen LogP contribution is 2.38. The van der Waals surface area contributed by atoms with Crippen molar-refractivity contribution in [3.05, 3.63) is 64.9 Å². The number of aliphatic hydroxyl groups excluding tert-OH is 1. The summed E-state index contributed by atoms with van der Waals surface area (Å²) in [5.41, 5.74) is -1.91. The highest BCUT2D eigenvalue weighted by atomic mass is 19.4. The van der Waals surface area contributed by atoms with E-state index in [-0.39, 0.29) is 17.8 Å². The van der Waals surface area contributed by atoms with Crippen molar-refractivity contribution in [2.24, 2.45) is 0 Å². The van der Waals surface area contributed by atoms with Gasteiger partial charge in [0.2, 0.25) is 5.95 Å². The van der Waals surface area contributed by atoms with Crippen LogP contribution in [0.1, 0.15) is 28.7 Å². The van der Waals surface area contributed by atoms with E-state index in [1.54, 1.807) is 19.3 Å². The summed E-state index contributed by atoms with van der Waals surface area (Å²) < 4.78 is 94.6. The van der Waals surface area contributed by atoms with E-state index in [9.17, 15) is 35.8 Å². The quantitative estimate of drug-likeness (QED) is 0.477. The zero-order valence-electron chi connectivity index (χ0n) is 18.3. The molecule has 1 saturated heterocycles. The Morgan fingerprint density at radius 1 is 1.06 bits per heavy atom. The van der Waals surface area contributed by atoms with E-state index in [1.165, 1.54) is 4.57 Å². The van der Waals surface area contributed by atoms with E-state index in [4.69, 9.17) is 0 Å². The van der Waals surface area contributed by atoms with Gasteiger partial charge in [-0.05, 0) is 42.7 Å². The van der Waals surface area contributed by atoms with E-state index < -0.39 is 41.1 Å². The van der Waals surface area contributed by atoms with Crippen LogP contribution in [0.4, 0.5) is 42.4 Å². The molecule has 1 aromatic carbocycles. The van der Waals surface area contributed by atoms with Crippen LogP contribution in [0.15, 0.2) is 36.8 Å². The number of halogens is 7. The fourth-order valence-corrected chi connectivity index (χ4v) is 3.84. The highest BCUT2D eigenvalue weighted by molar-refractivity contribution is 5.57. The molecule has 35 heavy (non-hydrogen) atoms. The van der Waals surface area contributed by atoms with Crippen molar-refractivity contribution in [3.63, 3.8) is 0 Å². The topological polar surface area (TPSA) is 66.2 Å². The van der Waals surface area contributed by atoms with Crippen molar-refractivity contribution < 1.29 is 35.8 Å². The van der Waals surface area contributed by atoms with Crippen molar-refractivity contribution in [2.45, 2.75) is 38.3 Å². The Balaban J connectivity index is 1.63. The van der Waals surface area contributed by atoms with Crippen molar-refractivity contribution in [3.8, 4) is 5.82 Å². The number of nitrogens with zero attached hydrogens (tertiary/aromatic N) is 4. The molecule has 1 atom stereocenters. The summed E-state index contributed by atoms with van der Waals surface area (Å²) in [4.78, 5) is 9.66. The van der Waals surface area contributed by atoms with Crippen molar-refractivity contribution >= 4 is 11.6 Å². The molecule has 0 amide bonds. The number of alkyl halides is 6. The molecule has 4 rings (SSSR count). The summed E-state index contributed by atoms with van der Waals surface area (Å²) in [6.45, 7) is 3.53. The number of rotatable bonds is 5. The molecule has 0 aliphatic carbocycles. The SMILES string of the molecule is Cc1cn(-c2nc(Nc3cc(C(F)(F)F)cc(C(F)(F)F)c3)ncc2F)cc1CN1CC[C@@H](O)C1. The molecule has 6 nitrogen and oxygen atoms in total. The Morgan fingerprint density at radius 3 is 2.29 bits per heavy atom. The van der Waals surface area contributed by atoms with Gasteiger partial charge in [-0.1, -0.05) is 0 Å². The molecule has 0 radical (unpaired) electrons. The molecule has 0 saturated carbocycles. The zero-order valence-corrected chi connectivity index (χ0v) is 18.3. The molecule has 13 heteroatoms. The molecule has 188 valence electrons. The first-order valence-corrected chi connectivity index (χ1v) is 10.5. The lowest BCUT2D eigenvalue weighted by Crippen LogP contribution is -2.21. The number of likely N-dealkylation sites (tertiary alicyclic amines) is 1. The van der Waals surface area contributed by atoms with Gasteiger partial charge in [-0.15, -0.1) is 0 Å². The van der Waals surface area contributed by atoms with Gasteiger partial charge < -0.3 is 15.0 Å². The lowest BCUT2D eigenvalue weighted by molar-refractivity contribution is -0.143. The smallest absolute Gasteiger partial charge is 0.392 e. The monoisotopic (exact) mass is 503 g/mol. The summed E-state index contributed by atoms with van der Waals surface area (Å²) in [6, 6.07) is 0.986. The number of aliphatic hydroxyl groups is 1. The molecule has 3 aromatic rings. The number of hydrogen-bond acceptors (Lipinski definition) is 5. The summed E-state index contributed by atoms with van der Waals surface area (Å²) in [5.74, 6) is -1.46. The number of nitrogens with one attached hydrogen (secondary N) is 1. The minimum Gasteiger partial charge on any atom is -0.392 e. The second-order valence-corrected chi connectivity index (χ2v) is 8.34. The Hall–Kier alpha value is -3.19. The summed E-state index contributed by atoms with van der Waals surface area (Å²) in [5, 5.41) is 12.0. The highest BCUT2D eigenvalue weighted by Gasteiger charge is 2.37. The molecule has 2 N–H and O–H groups in total. The number of aryl methyl sites for hydroxylation is 1. The van der Waals surface area contributed by atoms with Gasteiger partial charge in [0.25, 0.3) is 0 Å². The first-order chi connectivity index (χ1) is 16.3. The third-order valence-corrected chi connectivity index (χ3v) is 5.59. The second kappa shape index (κ2) is 9.11. The molecule has 2 aromatic heterocycles. The van der Waals surface area contributed by atoms with Gasteiger partial charge in [-0.2, -0.15) is 31.3 Å². The first kappa shape index (κ1) is 24.9. The van der Waals surface area contributed by atoms with Crippen LogP contribution in [0, 0.1) is 12.7 Å². The largest absolute Gasteiger partial charge is 0.416 e. The fraction of sp³-hybridized carbons (Fsp3) is 0.364. The molecular formula is C22H20F7N5O. The van der Waals surface area contributed by atoms with Gasteiger partial charge in [0.1, 0.15) is 0 Å². The van der Waals surface area contributed by atoms with Crippen molar-refractivity contribution in [1.82, 2.24) is 19.4 Å². The van der Waals surface area contributed by atoms with Crippen molar-refractivity contribution in [2.75, 3.05) is 18.4 Å². The predicted octanol–water partition coefficient (Wildman–Crippen LogP) is 5.06. The van der Waals surface area contributed by atoms with Crippen LogP contribution in [0.5, 0.6) is 0 Å². The van der Waals surface area contributed by atoms with E-state index in [2.05, 4.69) is 15.3 Å². The van der Waals surface area contributed by atoms with Gasteiger partial charge in [0, 0.05) is 37.7 Å². The van der Waals surface area contributed by atoms with Crippen LogP contribution in [-0.4, -0.2) is 43.7 Å². The van der Waals surface area contributed by atoms with E-state index in [1.807, 2.05) is 4.90 Å². The third-order valence-electron chi connectivity index (χ3n) is 5.59. The maximum Gasteiger partial charge on any atom is 0.416 e. The van der Waals surface area contributed by atoms with Gasteiger partial charge in [-0.25, -0.2) is 9.37 Å². The molecule has 1 aliphatic heterocycles. The summed E-state index contributed by atoms with van der Waals surface area (Å²) in [7, 11) is 0. The van der Waals surface area contributed by atoms with Crippen LogP contribution < -0.4 is 5.32 Å². The predicted molar refractivity (Wildman–Crippen MR) is 112 cm³/mol. The zero-order chi connectivity index (χ0) is 25.5. The van der Waals surface area contributed by atoms with Gasteiger partial charge in [0.05, 0.1) is 23.4 Å². The molecule has 1 fully saturated rings. The van der Waals surface area contributed by atoms with Crippen LogP contribution in [0.3, 0.4) is 0 Å². The standard InChI is InChI=1S/C22H20F7N5O/c1-12-8-34(10-13(12)9-33-3-2-17(35)11-33)19-18(23)7-30-20(32-19)31-16-5-14(21(24,25)26)4-15(6-16)22(27,28)29/h4-8,10,17,35H,2-3,9,11H2,1H3,(H,30,31,32)/t17-/m1/s1. The maximum absolute atomic E-state index is 14.5. The van der Waals surface area contributed by atoms with E-state index in [0.29, 0.717) is 38.2 Å². The number of anilines is 2. The normalized spacial score (nSPS) is 17.2. The lowest BCUT2D eigenvalue weighted by atomic mass is 10.1. The average Bonchev–Trinajstić information content (AvgIpc) is 3.33. The Morgan fingerprint density at radius 2 is 1.71 bits per heavy atom. The van der Waals surface area contributed by atoms with Crippen LogP contribution in [0.25, 0.3) is 5.82 Å². The number of aromatic nitrogens is 3. The number of β-amino-alcohol motifs (C(OH)–C–C–N with tert-alkyl or cyclic N) is 1. The van der Waals surface area contributed by atoms with Crippen molar-refractivity contribution in [1.29, 1.82) is 0 Å². The molecule has 0 bridgehead atoms. The lowest BCUT2D eigenvalue weighted by Gasteiger charge is -2.15. The van der Waals surface area contributed by atoms with E-state index in [0.717, 1.165) is 17.3 Å². The first-order valence-electron chi connectivity index (χ1n) is 10.5. The van der Waals surface area contributed by atoms with E-state index >= 15 is 0 Å². The number of hydrogen-bond donors (Lipinski definition) is 2. The third kappa shape index (κ3) is 5.73. The van der Waals surface area contributed by atoms with Crippen LogP contribution in [-0.2, 0) is 18.9 Å². The average molecular weight is 503 g/mol. The summed E-state index contributed by atoms with van der Waals surface area (Å²) >= 11 is 0. The number of benzene rings is 1. The minimum atomic E-state index is -5.02. The molecular weight excluding hydrogens is 483 g/mol. The second-order valence-electron chi connectivity index (χ2n) is 8.34. The Labute approximate surface area is 195 Å². The van der Waals surface area contributed by atoms with Crippen LogP contribution >= 0.6 is 0 Å². The van der Waals surface area contributed by atoms with Crippen LogP contribution in [0.2, 0.25) is 0 Å². The molecule has 0 unspecified atom stereocenters. The fourth-order valence-electron chi connectivity index (χ4n) is 3.84. The molecule has 0 spiro atoms. The minimum absolute atomic E-state index is 0.00558. The maximum atomic E-state index is 14.5. The summed E-state index contributed by atoms with van der Waals surface area (Å²) in [6.07, 6.45) is -5.78. The van der Waals surface area contributed by atoms with Gasteiger partial charge in [0.15, 0.2) is 11.6 Å². The Bertz CT molecular complexity index is 1190. The van der Waals surface area contributed by atoms with Gasteiger partial charge >= 0.3 is 12.4 Å². The molecule has 1 aliphatic rings. The van der Waals surface area contributed by atoms with Gasteiger partial charge in [-0.3, -0.25) is 4.90 Å².